The Bertz CT molecular complexity index is 1050. The molecular formula is C20H21N3O2S. The summed E-state index contributed by atoms with van der Waals surface area (Å²) in [7, 11) is -0.994. The first kappa shape index (κ1) is 17.0. The summed E-state index contributed by atoms with van der Waals surface area (Å²) < 4.78 is 11.6. The Morgan fingerprint density at radius 3 is 2.50 bits per heavy atom. The number of likely N-dealkylation sites (N-methyl/N-ethyl adjacent to an activating group) is 1. The number of aromatic amines is 1. The third-order valence-electron chi connectivity index (χ3n) is 5.12. The van der Waals surface area contributed by atoms with Crippen LogP contribution in [0.15, 0.2) is 41.3 Å². The number of rotatable bonds is 3. The molecule has 3 aromatic rings. The maximum atomic E-state index is 12.7. The molecular weight excluding hydrogens is 346 g/mol. The van der Waals surface area contributed by atoms with E-state index in [1.807, 2.05) is 62.1 Å². The van der Waals surface area contributed by atoms with Crippen molar-refractivity contribution in [2.75, 3.05) is 17.7 Å². The number of anilines is 1. The number of carbonyl (C=O) groups excluding carboxylic acids is 1. The van der Waals surface area contributed by atoms with Gasteiger partial charge in [0.2, 0.25) is 5.91 Å². The molecule has 2 aromatic carbocycles. The van der Waals surface area contributed by atoms with Crippen LogP contribution in [0.5, 0.6) is 0 Å². The Labute approximate surface area is 154 Å². The summed E-state index contributed by atoms with van der Waals surface area (Å²) in [5.74, 6) is 0.898. The molecule has 1 aliphatic rings. The van der Waals surface area contributed by atoms with Crippen LogP contribution in [0.2, 0.25) is 0 Å². The van der Waals surface area contributed by atoms with E-state index in [1.54, 1.807) is 6.26 Å². The fourth-order valence-corrected chi connectivity index (χ4v) is 4.11. The van der Waals surface area contributed by atoms with Crippen LogP contribution in [-0.2, 0) is 21.0 Å². The van der Waals surface area contributed by atoms with Crippen LogP contribution >= 0.6 is 0 Å². The Hall–Kier alpha value is -2.47. The van der Waals surface area contributed by atoms with Crippen LogP contribution in [0.4, 0.5) is 5.69 Å². The van der Waals surface area contributed by atoms with E-state index >= 15 is 0 Å². The molecule has 26 heavy (non-hydrogen) atoms. The van der Waals surface area contributed by atoms with Gasteiger partial charge in [-0.25, -0.2) is 4.98 Å². The summed E-state index contributed by atoms with van der Waals surface area (Å²) in [6.07, 6.45) is 1.67. The Morgan fingerprint density at radius 1 is 1.19 bits per heavy atom. The smallest absolute Gasteiger partial charge is 0.237 e. The van der Waals surface area contributed by atoms with Crippen LogP contribution in [-0.4, -0.2) is 32.9 Å². The highest BCUT2D eigenvalue weighted by Crippen LogP contribution is 2.43. The van der Waals surface area contributed by atoms with E-state index in [9.17, 15) is 9.00 Å². The molecule has 134 valence electrons. The van der Waals surface area contributed by atoms with Gasteiger partial charge in [-0.05, 0) is 50.6 Å². The van der Waals surface area contributed by atoms with Crippen LogP contribution < -0.4 is 4.90 Å². The van der Waals surface area contributed by atoms with Crippen LogP contribution in [0.1, 0.15) is 26.3 Å². The number of carbonyl (C=O) groups is 1. The highest BCUT2D eigenvalue weighted by atomic mass is 32.2. The first-order chi connectivity index (χ1) is 12.3. The van der Waals surface area contributed by atoms with Gasteiger partial charge in [-0.15, -0.1) is 0 Å². The second kappa shape index (κ2) is 5.77. The van der Waals surface area contributed by atoms with Crippen molar-refractivity contribution in [3.63, 3.8) is 0 Å². The normalized spacial score (nSPS) is 16.9. The molecule has 1 unspecified atom stereocenters. The van der Waals surface area contributed by atoms with Crippen LogP contribution in [0.25, 0.3) is 22.4 Å². The van der Waals surface area contributed by atoms with Gasteiger partial charge in [0, 0.05) is 34.1 Å². The molecule has 1 atom stereocenters. The van der Waals surface area contributed by atoms with E-state index in [1.165, 1.54) is 0 Å². The van der Waals surface area contributed by atoms with Crippen molar-refractivity contribution >= 4 is 33.4 Å². The number of nitrogens with zero attached hydrogens (tertiary/aromatic N) is 2. The predicted molar refractivity (Wildman–Crippen MR) is 105 cm³/mol. The summed E-state index contributed by atoms with van der Waals surface area (Å²) >= 11 is 0. The molecule has 4 rings (SSSR count). The third-order valence-corrected chi connectivity index (χ3v) is 6.06. The van der Waals surface area contributed by atoms with Gasteiger partial charge >= 0.3 is 0 Å². The summed E-state index contributed by atoms with van der Waals surface area (Å²) in [6.45, 7) is 6.57. The Kier molecular flexibility index (Phi) is 3.77. The molecule has 1 aromatic heterocycles. The van der Waals surface area contributed by atoms with Gasteiger partial charge < -0.3 is 9.88 Å². The highest BCUT2D eigenvalue weighted by Gasteiger charge is 2.43. The minimum atomic E-state index is -0.994. The lowest BCUT2D eigenvalue weighted by Gasteiger charge is -2.18. The summed E-state index contributed by atoms with van der Waals surface area (Å²) in [4.78, 5) is 23.3. The molecule has 0 fully saturated rings. The molecule has 0 bridgehead atoms. The average Bonchev–Trinajstić information content (AvgIpc) is 3.11. The number of amides is 1. The summed E-state index contributed by atoms with van der Waals surface area (Å²) in [5.41, 5.74) is 4.15. The van der Waals surface area contributed by atoms with Crippen LogP contribution in [0.3, 0.4) is 0 Å². The van der Waals surface area contributed by atoms with Crippen molar-refractivity contribution < 1.29 is 9.00 Å². The van der Waals surface area contributed by atoms with Crippen LogP contribution in [0, 0.1) is 0 Å². The van der Waals surface area contributed by atoms with E-state index < -0.39 is 16.2 Å². The number of hydrogen-bond acceptors (Lipinski definition) is 3. The van der Waals surface area contributed by atoms with Crippen molar-refractivity contribution in [3.8, 4) is 11.4 Å². The topological polar surface area (TPSA) is 66.1 Å². The first-order valence-corrected chi connectivity index (χ1v) is 10.2. The molecule has 0 aliphatic carbocycles. The van der Waals surface area contributed by atoms with E-state index in [4.69, 9.17) is 4.98 Å². The van der Waals surface area contributed by atoms with Gasteiger partial charge in [0.25, 0.3) is 0 Å². The molecule has 5 nitrogen and oxygen atoms in total. The van der Waals surface area contributed by atoms with Gasteiger partial charge in [-0.1, -0.05) is 12.1 Å². The van der Waals surface area contributed by atoms with E-state index in [0.717, 1.165) is 38.6 Å². The number of benzene rings is 2. The van der Waals surface area contributed by atoms with E-state index in [0.29, 0.717) is 6.54 Å². The van der Waals surface area contributed by atoms with E-state index in [2.05, 4.69) is 4.98 Å². The van der Waals surface area contributed by atoms with Crippen molar-refractivity contribution in [2.45, 2.75) is 31.1 Å². The lowest BCUT2D eigenvalue weighted by Crippen LogP contribution is -2.35. The predicted octanol–water partition coefficient (Wildman–Crippen LogP) is 3.61. The molecule has 0 saturated carbocycles. The number of aromatic nitrogens is 2. The lowest BCUT2D eigenvalue weighted by atomic mass is 9.86. The summed E-state index contributed by atoms with van der Waals surface area (Å²) in [5, 5.41) is 0. The maximum absolute atomic E-state index is 12.7. The van der Waals surface area contributed by atoms with Crippen molar-refractivity contribution in [2.24, 2.45) is 0 Å². The molecule has 6 heteroatoms. The summed E-state index contributed by atoms with van der Waals surface area (Å²) in [6, 6.07) is 11.6. The fraction of sp³-hybridized carbons (Fsp3) is 0.300. The second-order valence-corrected chi connectivity index (χ2v) is 8.50. The first-order valence-electron chi connectivity index (χ1n) is 8.63. The van der Waals surface area contributed by atoms with Gasteiger partial charge in [-0.2, -0.15) is 0 Å². The zero-order chi connectivity index (χ0) is 18.6. The number of fused-ring (bicyclic) bond motifs is 2. The zero-order valence-electron chi connectivity index (χ0n) is 15.3. The molecule has 1 N–H and O–H groups in total. The average molecular weight is 367 g/mol. The lowest BCUT2D eigenvalue weighted by molar-refractivity contribution is -0.122. The Balaban J connectivity index is 1.83. The molecule has 0 spiro atoms. The Morgan fingerprint density at radius 2 is 1.88 bits per heavy atom. The largest absolute Gasteiger partial charge is 0.338 e. The number of hydrogen-bond donors (Lipinski definition) is 1. The van der Waals surface area contributed by atoms with Crippen molar-refractivity contribution in [1.82, 2.24) is 9.97 Å². The second-order valence-electron chi connectivity index (χ2n) is 7.12. The van der Waals surface area contributed by atoms with Gasteiger partial charge in [-0.3, -0.25) is 9.00 Å². The molecule has 0 saturated heterocycles. The van der Waals surface area contributed by atoms with E-state index in [-0.39, 0.29) is 5.91 Å². The van der Waals surface area contributed by atoms with Crippen molar-refractivity contribution in [3.05, 3.63) is 42.0 Å². The SMILES string of the molecule is CCN1C(=O)C(C)(C)c2cc3[nH]c(-c4ccc(S(C)=O)cc4)nc3cc21. The maximum Gasteiger partial charge on any atom is 0.237 e. The van der Waals surface area contributed by atoms with Gasteiger partial charge in [0.05, 0.1) is 22.1 Å². The van der Waals surface area contributed by atoms with Gasteiger partial charge in [0.15, 0.2) is 0 Å². The standard InChI is InChI=1S/C20H21N3O2S/c1-5-23-17-11-16-15(10-14(17)20(2,3)19(23)24)21-18(22-16)12-6-8-13(9-7-12)26(4)25/h6-11H,5H2,1-4H3,(H,21,22). The quantitative estimate of drug-likeness (QED) is 0.769. The number of nitrogens with one attached hydrogen (secondary N) is 1. The number of H-pyrrole nitrogens is 1. The highest BCUT2D eigenvalue weighted by molar-refractivity contribution is 7.84. The minimum absolute atomic E-state index is 0.131. The van der Waals surface area contributed by atoms with Gasteiger partial charge in [0.1, 0.15) is 5.82 Å². The fourth-order valence-electron chi connectivity index (χ4n) is 3.59. The molecule has 1 amide bonds. The number of imidazole rings is 1. The zero-order valence-corrected chi connectivity index (χ0v) is 16.1. The van der Waals surface area contributed by atoms with Crippen molar-refractivity contribution in [1.29, 1.82) is 0 Å². The monoisotopic (exact) mass is 367 g/mol. The molecule has 0 radical (unpaired) electrons. The molecule has 2 heterocycles. The minimum Gasteiger partial charge on any atom is -0.338 e. The molecule has 1 aliphatic heterocycles. The third kappa shape index (κ3) is 2.40.